The van der Waals surface area contributed by atoms with E-state index in [-0.39, 0.29) is 10.8 Å². The van der Waals surface area contributed by atoms with Gasteiger partial charge in [0.1, 0.15) is 11.2 Å². The monoisotopic (exact) mass is 939 g/mol. The van der Waals surface area contributed by atoms with Crippen LogP contribution in [0.2, 0.25) is 0 Å². The first-order chi connectivity index (χ1) is 34.8. The molecule has 1 heterocycles. The van der Waals surface area contributed by atoms with E-state index in [0.29, 0.717) is 0 Å². The molecule has 1 aliphatic rings. The fourth-order valence-corrected chi connectivity index (χ4v) is 9.86. The Hall–Kier alpha value is -7.74. The molecule has 0 atom stereocenters. The molecule has 1 nitrogen and oxygen atoms in total. The van der Waals surface area contributed by atoms with Gasteiger partial charge < -0.3 is 4.42 Å². The normalized spacial score (nSPS) is 11.9. The Kier molecular flexibility index (Phi) is 15.9. The molecule has 72 heavy (non-hydrogen) atoms. The Morgan fingerprint density at radius 1 is 0.375 bits per heavy atom. The highest BCUT2D eigenvalue weighted by Crippen LogP contribution is 2.58. The number of hydrogen-bond acceptors (Lipinski definition) is 1. The second-order valence-corrected chi connectivity index (χ2v) is 20.4. The van der Waals surface area contributed by atoms with Crippen molar-refractivity contribution in [2.24, 2.45) is 0 Å². The van der Waals surface area contributed by atoms with Gasteiger partial charge in [0.2, 0.25) is 0 Å². The van der Waals surface area contributed by atoms with Crippen molar-refractivity contribution in [2.75, 3.05) is 0 Å². The molecular formula is C71H70O. The van der Waals surface area contributed by atoms with E-state index in [0.717, 1.165) is 17.6 Å². The van der Waals surface area contributed by atoms with Crippen LogP contribution in [0.4, 0.5) is 0 Å². The van der Waals surface area contributed by atoms with Crippen molar-refractivity contribution in [2.45, 2.75) is 86.5 Å². The average molecular weight is 939 g/mol. The maximum atomic E-state index is 5.75. The van der Waals surface area contributed by atoms with Gasteiger partial charge in [-0.2, -0.15) is 0 Å². The van der Waals surface area contributed by atoms with Crippen molar-refractivity contribution in [1.82, 2.24) is 0 Å². The Morgan fingerprint density at radius 3 is 1.36 bits per heavy atom. The van der Waals surface area contributed by atoms with E-state index in [1.807, 2.05) is 30.3 Å². The molecule has 0 N–H and O–H groups in total. The van der Waals surface area contributed by atoms with Crippen LogP contribution in [0.3, 0.4) is 0 Å². The highest BCUT2D eigenvalue weighted by Gasteiger charge is 2.46. The highest BCUT2D eigenvalue weighted by atomic mass is 16.3. The summed E-state index contributed by atoms with van der Waals surface area (Å²) in [5.74, 6) is 0. The summed E-state index contributed by atoms with van der Waals surface area (Å²) in [6.45, 7) is 21.7. The largest absolute Gasteiger partial charge is 0.456 e. The maximum absolute atomic E-state index is 5.75. The number of furan rings is 1. The zero-order valence-corrected chi connectivity index (χ0v) is 44.1. The number of benzene rings is 10. The first kappa shape index (κ1) is 50.6. The first-order valence-corrected chi connectivity index (χ1v) is 25.6. The fourth-order valence-electron chi connectivity index (χ4n) is 9.86. The Labute approximate surface area is 429 Å². The topological polar surface area (TPSA) is 13.1 Å². The van der Waals surface area contributed by atoms with Crippen LogP contribution in [0.25, 0.3) is 43.8 Å². The third-order valence-corrected chi connectivity index (χ3v) is 13.8. The van der Waals surface area contributed by atoms with E-state index < -0.39 is 0 Å². The van der Waals surface area contributed by atoms with Gasteiger partial charge in [0.25, 0.3) is 0 Å². The summed E-state index contributed by atoms with van der Waals surface area (Å²) in [7, 11) is 0. The molecule has 1 aromatic heterocycles. The van der Waals surface area contributed by atoms with E-state index in [9.17, 15) is 0 Å². The minimum Gasteiger partial charge on any atom is -0.456 e. The average Bonchev–Trinajstić information content (AvgIpc) is 3.91. The summed E-state index contributed by atoms with van der Waals surface area (Å²) >= 11 is 0. The lowest BCUT2D eigenvalue weighted by atomic mass is 9.67. The van der Waals surface area contributed by atoms with Crippen LogP contribution in [0.15, 0.2) is 235 Å². The quantitative estimate of drug-likeness (QED) is 0.172. The summed E-state index contributed by atoms with van der Waals surface area (Å²) in [5, 5.41) is 5.12. The van der Waals surface area contributed by atoms with E-state index in [4.69, 9.17) is 4.42 Å². The van der Waals surface area contributed by atoms with Crippen molar-refractivity contribution in [3.05, 3.63) is 297 Å². The highest BCUT2D eigenvalue weighted by molar-refractivity contribution is 6.06. The van der Waals surface area contributed by atoms with Crippen molar-refractivity contribution in [3.63, 3.8) is 0 Å². The van der Waals surface area contributed by atoms with Gasteiger partial charge in [-0.3, -0.25) is 0 Å². The fraction of sp³-hybridized carbons (Fsp3) is 0.183. The summed E-state index contributed by atoms with van der Waals surface area (Å²) < 4.78 is 5.75. The number of aryl methyl sites for hydroxylation is 7. The number of rotatable bonds is 3. The maximum Gasteiger partial charge on any atom is 0.135 e. The van der Waals surface area contributed by atoms with E-state index in [2.05, 4.69) is 269 Å². The molecule has 0 spiro atoms. The van der Waals surface area contributed by atoms with E-state index in [1.54, 1.807) is 0 Å². The van der Waals surface area contributed by atoms with E-state index in [1.165, 1.54) is 99.4 Å². The Morgan fingerprint density at radius 2 is 0.833 bits per heavy atom. The number of fused-ring (bicyclic) bond motifs is 8. The molecule has 0 amide bonds. The summed E-state index contributed by atoms with van der Waals surface area (Å²) in [6.07, 6.45) is 1.06. The molecule has 1 aliphatic carbocycles. The molecular weight excluding hydrogens is 869 g/mol. The lowest BCUT2D eigenvalue weighted by Gasteiger charge is -2.34. The number of hydrogen-bond donors (Lipinski definition) is 0. The van der Waals surface area contributed by atoms with Crippen molar-refractivity contribution in [1.29, 1.82) is 0 Å². The molecule has 1 heteroatoms. The van der Waals surface area contributed by atoms with Crippen LogP contribution < -0.4 is 0 Å². The lowest BCUT2D eigenvalue weighted by molar-refractivity contribution is 0.590. The zero-order chi connectivity index (χ0) is 50.8. The Balaban J connectivity index is 0.000000140. The van der Waals surface area contributed by atoms with Crippen molar-refractivity contribution in [3.8, 4) is 11.1 Å². The van der Waals surface area contributed by atoms with Gasteiger partial charge in [0.15, 0.2) is 0 Å². The second-order valence-electron chi connectivity index (χ2n) is 20.4. The van der Waals surface area contributed by atoms with Crippen LogP contribution in [0, 0.1) is 41.5 Å². The van der Waals surface area contributed by atoms with Crippen LogP contribution >= 0.6 is 0 Å². The van der Waals surface area contributed by atoms with Gasteiger partial charge in [0, 0.05) is 10.8 Å². The summed E-state index contributed by atoms with van der Waals surface area (Å²) in [4.78, 5) is 0. The van der Waals surface area contributed by atoms with Crippen LogP contribution in [-0.4, -0.2) is 0 Å². The van der Waals surface area contributed by atoms with Gasteiger partial charge in [-0.05, 0) is 132 Å². The molecule has 11 aromatic rings. The van der Waals surface area contributed by atoms with Gasteiger partial charge in [-0.25, -0.2) is 0 Å². The zero-order valence-electron chi connectivity index (χ0n) is 44.1. The third kappa shape index (κ3) is 11.2. The summed E-state index contributed by atoms with van der Waals surface area (Å²) in [5.41, 5.74) is 20.8. The van der Waals surface area contributed by atoms with Gasteiger partial charge in [0.05, 0.1) is 5.41 Å². The molecule has 10 aromatic carbocycles. The molecule has 0 unspecified atom stereocenters. The predicted octanol–water partition coefficient (Wildman–Crippen LogP) is 19.6. The molecule has 0 aliphatic heterocycles. The Bertz CT molecular complexity index is 3440. The van der Waals surface area contributed by atoms with Crippen LogP contribution in [0.1, 0.15) is 94.5 Å². The number of para-hydroxylation sites is 1. The molecule has 0 saturated carbocycles. The molecule has 0 radical (unpaired) electrons. The SMILES string of the molecule is CCc1ccc2oc3ccccc3c2c1.Cc1ccc(C(C)(C)C)cc1.Cc1ccc(C)cc1.Cc1ccc2c(c1)C(c1ccccc1)(c1ccccc1)c1cc(C)c3ccccc3c1-2.Cc1ccccc1. The lowest BCUT2D eigenvalue weighted by Crippen LogP contribution is -2.28. The van der Waals surface area contributed by atoms with Gasteiger partial charge in [-0.15, -0.1) is 0 Å². The molecule has 12 rings (SSSR count). The van der Waals surface area contributed by atoms with E-state index >= 15 is 0 Å². The standard InChI is InChI=1S/C31H24.C14H12O.C11H16.C8H10.C7H8/c1-21-17-18-27-28(19-21)31(23-11-5-3-6-12-23,24-13-7-4-8-14-24)29-20-22(2)25-15-9-10-16-26(25)30(27)29;1-2-10-7-8-14-12(9-10)11-5-3-4-6-13(11)15-14;1-9-5-7-10(8-6-9)11(2,3)4;1-7-3-5-8(2)6-4-7;1-7-5-3-2-4-6-7/h3-20H,1-2H3;3-9H,2H2,1H3;5-8H,1-4H3;3-6H,1-2H3;2-6H,1H3. The molecule has 0 bridgehead atoms. The van der Waals surface area contributed by atoms with Crippen molar-refractivity contribution < 1.29 is 4.42 Å². The molecule has 0 fully saturated rings. The first-order valence-electron chi connectivity index (χ1n) is 25.6. The van der Waals surface area contributed by atoms with Gasteiger partial charge >= 0.3 is 0 Å². The minimum atomic E-state index is -0.325. The van der Waals surface area contributed by atoms with Crippen LogP contribution in [-0.2, 0) is 17.3 Å². The smallest absolute Gasteiger partial charge is 0.135 e. The van der Waals surface area contributed by atoms with Gasteiger partial charge in [-0.1, -0.05) is 268 Å². The second kappa shape index (κ2) is 22.6. The summed E-state index contributed by atoms with van der Waals surface area (Å²) in [6, 6.07) is 82.4. The predicted molar refractivity (Wildman–Crippen MR) is 311 cm³/mol. The van der Waals surface area contributed by atoms with Crippen LogP contribution in [0.5, 0.6) is 0 Å². The molecule has 0 saturated heterocycles. The minimum absolute atomic E-state index is 0.285. The molecule has 360 valence electrons. The third-order valence-electron chi connectivity index (χ3n) is 13.8. The van der Waals surface area contributed by atoms with Crippen molar-refractivity contribution >= 4 is 32.7 Å².